The predicted octanol–water partition coefficient (Wildman–Crippen LogP) is 5.80. The molecule has 0 radical (unpaired) electrons. The van der Waals surface area contributed by atoms with E-state index in [0.29, 0.717) is 0 Å². The standard InChI is InChI=1S/C22H20N2/c1-24(2)22-15-18-10-4-3-9-17(18)14-21(22)23-20-13-7-11-16-8-5-6-12-19(16)20/h3-15,23H,1-2H3. The van der Waals surface area contributed by atoms with Crippen LogP contribution in [0.25, 0.3) is 21.5 Å². The molecule has 0 saturated carbocycles. The fourth-order valence-corrected chi connectivity index (χ4v) is 3.18. The predicted molar refractivity (Wildman–Crippen MR) is 106 cm³/mol. The molecule has 118 valence electrons. The third kappa shape index (κ3) is 2.56. The zero-order valence-electron chi connectivity index (χ0n) is 14.0. The van der Waals surface area contributed by atoms with Crippen LogP contribution >= 0.6 is 0 Å². The number of benzene rings is 4. The third-order valence-electron chi connectivity index (χ3n) is 4.40. The van der Waals surface area contributed by atoms with E-state index in [1.54, 1.807) is 0 Å². The first kappa shape index (κ1) is 14.6. The van der Waals surface area contributed by atoms with E-state index in [1.165, 1.54) is 27.2 Å². The van der Waals surface area contributed by atoms with Crippen molar-refractivity contribution in [2.45, 2.75) is 0 Å². The fraction of sp³-hybridized carbons (Fsp3) is 0.0909. The number of nitrogens with one attached hydrogen (secondary N) is 1. The molecule has 0 aliphatic carbocycles. The molecular formula is C22H20N2. The van der Waals surface area contributed by atoms with Gasteiger partial charge in [-0.25, -0.2) is 0 Å². The van der Waals surface area contributed by atoms with E-state index in [0.717, 1.165) is 11.4 Å². The monoisotopic (exact) mass is 312 g/mol. The average Bonchev–Trinajstić information content (AvgIpc) is 2.61. The van der Waals surface area contributed by atoms with Gasteiger partial charge in [0.05, 0.1) is 11.4 Å². The van der Waals surface area contributed by atoms with Gasteiger partial charge >= 0.3 is 0 Å². The second kappa shape index (κ2) is 5.89. The number of rotatable bonds is 3. The summed E-state index contributed by atoms with van der Waals surface area (Å²) in [5.74, 6) is 0. The highest BCUT2D eigenvalue weighted by Gasteiger charge is 2.09. The molecule has 0 spiro atoms. The van der Waals surface area contributed by atoms with E-state index < -0.39 is 0 Å². The molecule has 0 heterocycles. The van der Waals surface area contributed by atoms with Gasteiger partial charge < -0.3 is 10.2 Å². The minimum absolute atomic E-state index is 1.12. The maximum Gasteiger partial charge on any atom is 0.0628 e. The second-order valence-corrected chi connectivity index (χ2v) is 6.26. The van der Waals surface area contributed by atoms with E-state index in [-0.39, 0.29) is 0 Å². The Bertz CT molecular complexity index is 1010. The Balaban J connectivity index is 1.87. The Morgan fingerprint density at radius 1 is 0.625 bits per heavy atom. The second-order valence-electron chi connectivity index (χ2n) is 6.26. The van der Waals surface area contributed by atoms with Crippen LogP contribution in [0, 0.1) is 0 Å². The highest BCUT2D eigenvalue weighted by molar-refractivity contribution is 5.99. The van der Waals surface area contributed by atoms with Gasteiger partial charge in [-0.3, -0.25) is 0 Å². The van der Waals surface area contributed by atoms with Gasteiger partial charge in [-0.2, -0.15) is 0 Å². The third-order valence-corrected chi connectivity index (χ3v) is 4.40. The van der Waals surface area contributed by atoms with Gasteiger partial charge in [-0.05, 0) is 34.4 Å². The molecule has 0 aliphatic heterocycles. The minimum Gasteiger partial charge on any atom is -0.376 e. The van der Waals surface area contributed by atoms with E-state index in [4.69, 9.17) is 0 Å². The molecule has 2 heteroatoms. The molecule has 4 aromatic carbocycles. The van der Waals surface area contributed by atoms with E-state index in [1.807, 2.05) is 0 Å². The summed E-state index contributed by atoms with van der Waals surface area (Å²) in [5, 5.41) is 8.62. The summed E-state index contributed by atoms with van der Waals surface area (Å²) >= 11 is 0. The van der Waals surface area contributed by atoms with Gasteiger partial charge in [-0.15, -0.1) is 0 Å². The van der Waals surface area contributed by atoms with Crippen molar-refractivity contribution in [2.24, 2.45) is 0 Å². The lowest BCUT2D eigenvalue weighted by Crippen LogP contribution is -2.11. The zero-order valence-corrected chi connectivity index (χ0v) is 14.0. The van der Waals surface area contributed by atoms with Gasteiger partial charge in [0, 0.05) is 25.2 Å². The van der Waals surface area contributed by atoms with E-state index >= 15 is 0 Å². The number of anilines is 3. The first-order chi connectivity index (χ1) is 11.7. The van der Waals surface area contributed by atoms with Crippen LogP contribution in [0.5, 0.6) is 0 Å². The van der Waals surface area contributed by atoms with Crippen molar-refractivity contribution in [1.29, 1.82) is 0 Å². The number of hydrogen-bond acceptors (Lipinski definition) is 2. The van der Waals surface area contributed by atoms with Crippen molar-refractivity contribution in [1.82, 2.24) is 0 Å². The van der Waals surface area contributed by atoms with Crippen LogP contribution in [-0.2, 0) is 0 Å². The molecule has 24 heavy (non-hydrogen) atoms. The topological polar surface area (TPSA) is 15.3 Å². The van der Waals surface area contributed by atoms with Crippen molar-refractivity contribution in [3.63, 3.8) is 0 Å². The molecule has 0 saturated heterocycles. The van der Waals surface area contributed by atoms with Crippen LogP contribution in [0.15, 0.2) is 78.9 Å². The quantitative estimate of drug-likeness (QED) is 0.514. The Kier molecular flexibility index (Phi) is 3.58. The Morgan fingerprint density at radius 2 is 1.25 bits per heavy atom. The number of fused-ring (bicyclic) bond motifs is 2. The summed E-state index contributed by atoms with van der Waals surface area (Å²) in [6, 6.07) is 27.8. The van der Waals surface area contributed by atoms with Gasteiger partial charge in [0.1, 0.15) is 0 Å². The lowest BCUT2D eigenvalue weighted by Gasteiger charge is -2.20. The maximum atomic E-state index is 3.65. The first-order valence-electron chi connectivity index (χ1n) is 8.17. The van der Waals surface area contributed by atoms with Gasteiger partial charge in [0.25, 0.3) is 0 Å². The average molecular weight is 312 g/mol. The molecule has 0 bridgehead atoms. The highest BCUT2D eigenvalue weighted by atomic mass is 15.1. The summed E-state index contributed by atoms with van der Waals surface area (Å²) in [5.41, 5.74) is 3.43. The van der Waals surface area contributed by atoms with Gasteiger partial charge in [0.2, 0.25) is 0 Å². The van der Waals surface area contributed by atoms with Crippen LogP contribution in [0.1, 0.15) is 0 Å². The molecule has 0 amide bonds. The normalized spacial score (nSPS) is 10.9. The molecule has 0 unspecified atom stereocenters. The lowest BCUT2D eigenvalue weighted by molar-refractivity contribution is 1.14. The Labute approximate surface area is 142 Å². The van der Waals surface area contributed by atoms with E-state index in [9.17, 15) is 0 Å². The Morgan fingerprint density at radius 3 is 2.00 bits per heavy atom. The van der Waals surface area contributed by atoms with Crippen LogP contribution in [0.2, 0.25) is 0 Å². The molecule has 0 fully saturated rings. The maximum absolute atomic E-state index is 3.65. The van der Waals surface area contributed by atoms with Crippen molar-refractivity contribution in [3.05, 3.63) is 78.9 Å². The van der Waals surface area contributed by atoms with Crippen LogP contribution < -0.4 is 10.2 Å². The number of hydrogen-bond donors (Lipinski definition) is 1. The molecule has 2 nitrogen and oxygen atoms in total. The molecule has 0 aromatic heterocycles. The van der Waals surface area contributed by atoms with Crippen LogP contribution in [0.3, 0.4) is 0 Å². The van der Waals surface area contributed by atoms with Crippen molar-refractivity contribution >= 4 is 38.6 Å². The zero-order chi connectivity index (χ0) is 16.5. The largest absolute Gasteiger partial charge is 0.376 e. The lowest BCUT2D eigenvalue weighted by atomic mass is 10.1. The summed E-state index contributed by atoms with van der Waals surface area (Å²) in [4.78, 5) is 2.15. The summed E-state index contributed by atoms with van der Waals surface area (Å²) < 4.78 is 0. The smallest absolute Gasteiger partial charge is 0.0628 e. The molecule has 4 rings (SSSR count). The SMILES string of the molecule is CN(C)c1cc2ccccc2cc1Nc1cccc2ccccc12. The summed E-state index contributed by atoms with van der Waals surface area (Å²) in [6.07, 6.45) is 0. The van der Waals surface area contributed by atoms with Crippen LogP contribution in [0.4, 0.5) is 17.1 Å². The molecule has 1 N–H and O–H groups in total. The summed E-state index contributed by atoms with van der Waals surface area (Å²) in [6.45, 7) is 0. The fourth-order valence-electron chi connectivity index (χ4n) is 3.18. The first-order valence-corrected chi connectivity index (χ1v) is 8.17. The van der Waals surface area contributed by atoms with Crippen LogP contribution in [-0.4, -0.2) is 14.1 Å². The van der Waals surface area contributed by atoms with Gasteiger partial charge in [0.15, 0.2) is 0 Å². The van der Waals surface area contributed by atoms with Crippen molar-refractivity contribution in [2.75, 3.05) is 24.3 Å². The van der Waals surface area contributed by atoms with Gasteiger partial charge in [-0.1, -0.05) is 60.7 Å². The molecule has 0 atom stereocenters. The molecular weight excluding hydrogens is 292 g/mol. The van der Waals surface area contributed by atoms with E-state index in [2.05, 4.69) is 103 Å². The van der Waals surface area contributed by atoms with Crippen molar-refractivity contribution < 1.29 is 0 Å². The number of nitrogens with zero attached hydrogens (tertiary/aromatic N) is 1. The Hall–Kier alpha value is -3.00. The van der Waals surface area contributed by atoms with Crippen molar-refractivity contribution in [3.8, 4) is 0 Å². The minimum atomic E-state index is 1.12. The molecule has 0 aliphatic rings. The highest BCUT2D eigenvalue weighted by Crippen LogP contribution is 2.34. The molecule has 4 aromatic rings. The summed E-state index contributed by atoms with van der Waals surface area (Å²) in [7, 11) is 4.16.